The molecule has 1 N–H and O–H groups in total. The number of rotatable bonds is 8. The van der Waals surface area contributed by atoms with Crippen LogP contribution >= 0.6 is 11.6 Å². The number of anilines is 1. The van der Waals surface area contributed by atoms with Crippen molar-refractivity contribution in [2.24, 2.45) is 0 Å². The van der Waals surface area contributed by atoms with E-state index in [4.69, 9.17) is 21.1 Å². The van der Waals surface area contributed by atoms with Gasteiger partial charge in [-0.25, -0.2) is 0 Å². The van der Waals surface area contributed by atoms with Gasteiger partial charge in [0.25, 0.3) is 5.91 Å². The Morgan fingerprint density at radius 1 is 1.12 bits per heavy atom. The quantitative estimate of drug-likeness (QED) is 0.387. The topological polar surface area (TPSA) is 111 Å². The normalized spacial score (nSPS) is 10.8. The van der Waals surface area contributed by atoms with Crippen LogP contribution < -0.4 is 19.9 Å². The van der Waals surface area contributed by atoms with Crippen LogP contribution in [0.1, 0.15) is 27.0 Å². The molecular formula is C26H20ClN2O5-. The Morgan fingerprint density at radius 3 is 2.59 bits per heavy atom. The van der Waals surface area contributed by atoms with Crippen LogP contribution in [0.25, 0.3) is 6.08 Å². The number of nitrogens with zero attached hydrogens (tertiary/aromatic N) is 1. The Morgan fingerprint density at radius 2 is 1.88 bits per heavy atom. The highest BCUT2D eigenvalue weighted by atomic mass is 35.5. The van der Waals surface area contributed by atoms with Crippen molar-refractivity contribution in [3.8, 4) is 17.6 Å². The molecule has 0 heterocycles. The van der Waals surface area contributed by atoms with Gasteiger partial charge in [-0.2, -0.15) is 5.26 Å². The number of amides is 1. The Balaban J connectivity index is 1.77. The molecule has 0 bridgehead atoms. The Bertz CT molecular complexity index is 1310. The van der Waals surface area contributed by atoms with E-state index in [0.717, 1.165) is 0 Å². The van der Waals surface area contributed by atoms with E-state index in [9.17, 15) is 20.0 Å². The molecule has 0 saturated heterocycles. The molecule has 0 radical (unpaired) electrons. The van der Waals surface area contributed by atoms with Crippen molar-refractivity contribution in [2.45, 2.75) is 13.5 Å². The van der Waals surface area contributed by atoms with E-state index in [2.05, 4.69) is 5.32 Å². The van der Waals surface area contributed by atoms with Crippen LogP contribution in [0.15, 0.2) is 66.2 Å². The van der Waals surface area contributed by atoms with Gasteiger partial charge >= 0.3 is 0 Å². The lowest BCUT2D eigenvalue weighted by molar-refractivity contribution is -0.255. The van der Waals surface area contributed by atoms with Crippen molar-refractivity contribution in [1.82, 2.24) is 0 Å². The third-order valence-corrected chi connectivity index (χ3v) is 5.35. The average Bonchev–Trinajstić information content (AvgIpc) is 2.84. The van der Waals surface area contributed by atoms with Crippen molar-refractivity contribution in [1.29, 1.82) is 5.26 Å². The number of hydrogen-bond acceptors (Lipinski definition) is 6. The predicted octanol–water partition coefficient (Wildman–Crippen LogP) is 4.15. The highest BCUT2D eigenvalue weighted by Gasteiger charge is 2.13. The van der Waals surface area contributed by atoms with Gasteiger partial charge in [0.05, 0.1) is 13.1 Å². The van der Waals surface area contributed by atoms with Crippen LogP contribution in [-0.2, 0) is 11.4 Å². The van der Waals surface area contributed by atoms with Crippen molar-refractivity contribution in [3.63, 3.8) is 0 Å². The first-order valence-electron chi connectivity index (χ1n) is 10.1. The van der Waals surface area contributed by atoms with Crippen LogP contribution in [-0.4, -0.2) is 19.0 Å². The number of carbonyl (C=O) groups excluding carboxylic acids is 2. The first kappa shape index (κ1) is 24.4. The minimum atomic E-state index is -1.27. The number of nitrogens with one attached hydrogen (secondary N) is 1. The average molecular weight is 476 g/mol. The second-order valence-electron chi connectivity index (χ2n) is 7.22. The number of nitriles is 1. The second-order valence-corrected chi connectivity index (χ2v) is 7.63. The number of methoxy groups -OCH3 is 1. The van der Waals surface area contributed by atoms with Gasteiger partial charge in [0.15, 0.2) is 11.5 Å². The van der Waals surface area contributed by atoms with E-state index in [1.807, 2.05) is 6.07 Å². The minimum absolute atomic E-state index is 0.0591. The maximum absolute atomic E-state index is 12.6. The number of halogens is 1. The zero-order chi connectivity index (χ0) is 24.7. The summed E-state index contributed by atoms with van der Waals surface area (Å²) in [6, 6.07) is 18.2. The van der Waals surface area contributed by atoms with E-state index in [0.29, 0.717) is 38.9 Å². The van der Waals surface area contributed by atoms with Gasteiger partial charge in [0, 0.05) is 10.7 Å². The highest BCUT2D eigenvalue weighted by molar-refractivity contribution is 6.31. The van der Waals surface area contributed by atoms with Gasteiger partial charge in [0.2, 0.25) is 0 Å². The van der Waals surface area contributed by atoms with Crippen LogP contribution in [0.4, 0.5) is 5.69 Å². The molecule has 0 unspecified atom stereocenters. The van der Waals surface area contributed by atoms with Crippen LogP contribution in [0.2, 0.25) is 5.02 Å². The molecule has 3 rings (SSSR count). The molecule has 0 aliphatic heterocycles. The number of hydrogen-bond donors (Lipinski definition) is 1. The molecule has 0 saturated carbocycles. The maximum Gasteiger partial charge on any atom is 0.266 e. The molecule has 8 heteroatoms. The molecular weight excluding hydrogens is 456 g/mol. The molecule has 0 atom stereocenters. The number of aromatic carboxylic acids is 1. The zero-order valence-electron chi connectivity index (χ0n) is 18.4. The van der Waals surface area contributed by atoms with E-state index in [1.54, 1.807) is 55.5 Å². The fraction of sp³-hybridized carbons (Fsp3) is 0.115. The molecule has 0 aliphatic carbocycles. The third kappa shape index (κ3) is 5.94. The number of ether oxygens (including phenoxy) is 2. The molecule has 0 fully saturated rings. The van der Waals surface area contributed by atoms with E-state index in [-0.39, 0.29) is 17.7 Å². The Hall–Kier alpha value is -4.28. The number of benzene rings is 3. The maximum atomic E-state index is 12.6. The van der Waals surface area contributed by atoms with E-state index in [1.165, 1.54) is 25.3 Å². The fourth-order valence-electron chi connectivity index (χ4n) is 3.09. The van der Waals surface area contributed by atoms with Crippen molar-refractivity contribution in [2.75, 3.05) is 12.4 Å². The lowest BCUT2D eigenvalue weighted by Crippen LogP contribution is -2.22. The van der Waals surface area contributed by atoms with Crippen molar-refractivity contribution < 1.29 is 24.2 Å². The smallest absolute Gasteiger partial charge is 0.266 e. The van der Waals surface area contributed by atoms with Crippen LogP contribution in [0.5, 0.6) is 11.5 Å². The molecule has 0 aromatic heterocycles. The van der Waals surface area contributed by atoms with Gasteiger partial charge in [-0.05, 0) is 65.6 Å². The summed E-state index contributed by atoms with van der Waals surface area (Å²) < 4.78 is 11.2. The van der Waals surface area contributed by atoms with Gasteiger partial charge in [-0.1, -0.05) is 41.9 Å². The van der Waals surface area contributed by atoms with Gasteiger partial charge < -0.3 is 24.7 Å². The summed E-state index contributed by atoms with van der Waals surface area (Å²) in [5, 5.41) is 23.7. The lowest BCUT2D eigenvalue weighted by Gasteiger charge is -2.12. The minimum Gasteiger partial charge on any atom is -0.545 e. The fourth-order valence-corrected chi connectivity index (χ4v) is 3.26. The van der Waals surface area contributed by atoms with Gasteiger partial charge in [-0.15, -0.1) is 0 Å². The zero-order valence-corrected chi connectivity index (χ0v) is 19.2. The van der Waals surface area contributed by atoms with Gasteiger partial charge in [-0.3, -0.25) is 4.79 Å². The molecule has 0 aliphatic rings. The van der Waals surface area contributed by atoms with Crippen molar-refractivity contribution in [3.05, 3.63) is 93.5 Å². The van der Waals surface area contributed by atoms with E-state index < -0.39 is 11.9 Å². The summed E-state index contributed by atoms with van der Waals surface area (Å²) in [7, 11) is 1.46. The Labute approximate surface area is 201 Å². The van der Waals surface area contributed by atoms with Crippen LogP contribution in [0.3, 0.4) is 0 Å². The molecule has 7 nitrogen and oxygen atoms in total. The molecule has 172 valence electrons. The standard InChI is InChI=1S/C26H21ClN2O5/c1-16-21(27)7-4-8-22(16)29-25(30)20(14-28)11-17-9-10-23(24(13-17)33-2)34-15-18-5-3-6-19(12-18)26(31)32/h3-13H,15H2,1-2H3,(H,29,30)(H,31,32)/p-1. The Kier molecular flexibility index (Phi) is 7.91. The molecule has 34 heavy (non-hydrogen) atoms. The third-order valence-electron chi connectivity index (χ3n) is 4.94. The summed E-state index contributed by atoms with van der Waals surface area (Å²) in [6.07, 6.45) is 1.44. The van der Waals surface area contributed by atoms with Crippen molar-refractivity contribution >= 4 is 35.2 Å². The molecule has 0 spiro atoms. The highest BCUT2D eigenvalue weighted by Crippen LogP contribution is 2.30. The number of carboxylic acid groups (broad SMARTS) is 1. The van der Waals surface area contributed by atoms with Crippen LogP contribution in [0, 0.1) is 18.3 Å². The number of carboxylic acids is 1. The first-order chi connectivity index (χ1) is 16.3. The summed E-state index contributed by atoms with van der Waals surface area (Å²) in [5.74, 6) is -1.04. The summed E-state index contributed by atoms with van der Waals surface area (Å²) >= 11 is 6.09. The molecule has 3 aromatic carbocycles. The van der Waals surface area contributed by atoms with E-state index >= 15 is 0 Å². The second kappa shape index (κ2) is 11.0. The predicted molar refractivity (Wildman–Crippen MR) is 127 cm³/mol. The summed E-state index contributed by atoms with van der Waals surface area (Å²) in [6.45, 7) is 1.88. The molecule has 3 aromatic rings. The lowest BCUT2D eigenvalue weighted by atomic mass is 10.1. The molecule has 1 amide bonds. The van der Waals surface area contributed by atoms with Gasteiger partial charge in [0.1, 0.15) is 18.2 Å². The summed E-state index contributed by atoms with van der Waals surface area (Å²) in [4.78, 5) is 23.6. The largest absolute Gasteiger partial charge is 0.545 e. The first-order valence-corrected chi connectivity index (χ1v) is 10.5. The SMILES string of the molecule is COc1cc(C=C(C#N)C(=O)Nc2cccc(Cl)c2C)ccc1OCc1cccc(C(=O)[O-])c1. The monoisotopic (exact) mass is 475 g/mol. The number of carbonyl (C=O) groups is 2. The summed E-state index contributed by atoms with van der Waals surface area (Å²) in [5.41, 5.74) is 2.37.